The van der Waals surface area contributed by atoms with Crippen LogP contribution in [0.1, 0.15) is 13.3 Å². The second-order valence-electron chi connectivity index (χ2n) is 7.84. The summed E-state index contributed by atoms with van der Waals surface area (Å²) >= 11 is 6.66. The fourth-order valence-corrected chi connectivity index (χ4v) is 4.66. The van der Waals surface area contributed by atoms with Gasteiger partial charge in [-0.25, -0.2) is 4.68 Å². The van der Waals surface area contributed by atoms with E-state index in [4.69, 9.17) is 16.3 Å². The maximum atomic E-state index is 6.66. The second kappa shape index (κ2) is 6.76. The number of nitrogens with zero attached hydrogens (tertiary/aromatic N) is 6. The molecule has 2 fully saturated rings. The number of hydrogen-bond donors (Lipinski definition) is 0. The Bertz CT molecular complexity index is 994. The van der Waals surface area contributed by atoms with E-state index in [1.54, 1.807) is 4.68 Å². The number of fused-ring (bicyclic) bond motifs is 1. The third-order valence-electron chi connectivity index (χ3n) is 6.26. The maximum absolute atomic E-state index is 6.66. The predicted molar refractivity (Wildman–Crippen MR) is 110 cm³/mol. The van der Waals surface area contributed by atoms with Gasteiger partial charge in [0.15, 0.2) is 0 Å². The number of hydrogen-bond acceptors (Lipinski definition) is 5. The summed E-state index contributed by atoms with van der Waals surface area (Å²) in [5.74, 6) is 0. The summed E-state index contributed by atoms with van der Waals surface area (Å²) in [4.78, 5) is 4.99. The zero-order valence-corrected chi connectivity index (χ0v) is 17.1. The zero-order chi connectivity index (χ0) is 19.3. The first-order valence-corrected chi connectivity index (χ1v) is 10.2. The van der Waals surface area contributed by atoms with E-state index >= 15 is 0 Å². The monoisotopic (exact) mass is 400 g/mol. The van der Waals surface area contributed by atoms with Crippen LogP contribution in [0.5, 0.6) is 0 Å². The van der Waals surface area contributed by atoms with E-state index in [1.165, 1.54) is 0 Å². The fourth-order valence-electron chi connectivity index (χ4n) is 4.37. The highest BCUT2D eigenvalue weighted by Crippen LogP contribution is 2.35. The molecule has 2 aromatic heterocycles. The van der Waals surface area contributed by atoms with E-state index in [0.717, 1.165) is 73.1 Å². The molecule has 2 aliphatic rings. The van der Waals surface area contributed by atoms with Crippen molar-refractivity contribution in [2.75, 3.05) is 44.3 Å². The number of benzene rings is 1. The van der Waals surface area contributed by atoms with Crippen molar-refractivity contribution in [3.8, 4) is 5.69 Å². The molecule has 148 valence electrons. The molecule has 3 aromatic rings. The van der Waals surface area contributed by atoms with Crippen molar-refractivity contribution in [1.82, 2.24) is 24.5 Å². The van der Waals surface area contributed by atoms with Crippen molar-refractivity contribution in [3.63, 3.8) is 0 Å². The van der Waals surface area contributed by atoms with E-state index in [2.05, 4.69) is 33.0 Å². The predicted octanol–water partition coefficient (Wildman–Crippen LogP) is 2.71. The van der Waals surface area contributed by atoms with Crippen molar-refractivity contribution in [1.29, 1.82) is 0 Å². The van der Waals surface area contributed by atoms with Gasteiger partial charge in [-0.3, -0.25) is 9.58 Å². The van der Waals surface area contributed by atoms with Gasteiger partial charge in [0.1, 0.15) is 5.69 Å². The minimum absolute atomic E-state index is 0.249. The number of aryl methyl sites for hydroxylation is 1. The largest absolute Gasteiger partial charge is 0.377 e. The first-order chi connectivity index (χ1) is 13.6. The average molecular weight is 401 g/mol. The summed E-state index contributed by atoms with van der Waals surface area (Å²) in [6, 6.07) is 4.18. The van der Waals surface area contributed by atoms with Crippen LogP contribution < -0.4 is 4.90 Å². The fraction of sp³-hybridized carbons (Fsp3) is 0.500. The molecular formula is C20H25ClN6O. The Kier molecular flexibility index (Phi) is 4.34. The highest BCUT2D eigenvalue weighted by molar-refractivity contribution is 6.34. The van der Waals surface area contributed by atoms with Gasteiger partial charge in [0.05, 0.1) is 53.6 Å². The Labute approximate surface area is 169 Å². The second-order valence-corrected chi connectivity index (χ2v) is 8.24. The van der Waals surface area contributed by atoms with Gasteiger partial charge in [-0.1, -0.05) is 18.5 Å². The van der Waals surface area contributed by atoms with Gasteiger partial charge in [-0.2, -0.15) is 10.2 Å². The lowest BCUT2D eigenvalue weighted by atomic mass is 9.91. The molecule has 2 aliphatic heterocycles. The smallest absolute Gasteiger partial charge is 0.103 e. The van der Waals surface area contributed by atoms with Crippen LogP contribution in [-0.2, 0) is 11.8 Å². The Morgan fingerprint density at radius 2 is 1.89 bits per heavy atom. The normalized spacial score (nSPS) is 19.9. The molecule has 1 aromatic carbocycles. The third-order valence-corrected chi connectivity index (χ3v) is 6.57. The molecule has 0 saturated carbocycles. The lowest BCUT2D eigenvalue weighted by Gasteiger charge is -2.52. The topological polar surface area (TPSA) is 51.3 Å². The lowest BCUT2D eigenvalue weighted by Crippen LogP contribution is -2.66. The molecule has 8 heteroatoms. The van der Waals surface area contributed by atoms with Crippen LogP contribution >= 0.6 is 11.6 Å². The number of halogens is 1. The first kappa shape index (κ1) is 18.0. The molecule has 0 aliphatic carbocycles. The van der Waals surface area contributed by atoms with Crippen LogP contribution in [0.3, 0.4) is 0 Å². The number of aromatic nitrogens is 4. The molecular weight excluding hydrogens is 376 g/mol. The Balaban J connectivity index is 1.42. The van der Waals surface area contributed by atoms with E-state index in [1.807, 2.05) is 36.4 Å². The van der Waals surface area contributed by atoms with Gasteiger partial charge in [-0.05, 0) is 18.6 Å². The molecule has 0 spiro atoms. The minimum Gasteiger partial charge on any atom is -0.377 e. The first-order valence-electron chi connectivity index (χ1n) is 9.84. The number of rotatable bonds is 4. The van der Waals surface area contributed by atoms with Crippen LogP contribution in [0, 0.1) is 0 Å². The molecule has 0 atom stereocenters. The van der Waals surface area contributed by atoms with E-state index in [0.29, 0.717) is 0 Å². The maximum Gasteiger partial charge on any atom is 0.103 e. The van der Waals surface area contributed by atoms with Crippen molar-refractivity contribution < 1.29 is 4.74 Å². The molecule has 4 heterocycles. The zero-order valence-electron chi connectivity index (χ0n) is 16.3. The Morgan fingerprint density at radius 3 is 2.50 bits per heavy atom. The van der Waals surface area contributed by atoms with Gasteiger partial charge in [0.2, 0.25) is 0 Å². The van der Waals surface area contributed by atoms with E-state index < -0.39 is 0 Å². The van der Waals surface area contributed by atoms with Crippen molar-refractivity contribution >= 4 is 28.2 Å². The lowest BCUT2D eigenvalue weighted by molar-refractivity contribution is -0.143. The third kappa shape index (κ3) is 2.80. The number of anilines is 1. The van der Waals surface area contributed by atoms with E-state index in [9.17, 15) is 0 Å². The average Bonchev–Trinajstić information content (AvgIpc) is 3.27. The van der Waals surface area contributed by atoms with Crippen LogP contribution in [0.25, 0.3) is 16.6 Å². The molecule has 0 bridgehead atoms. The van der Waals surface area contributed by atoms with Crippen molar-refractivity contribution in [2.45, 2.75) is 18.9 Å². The van der Waals surface area contributed by atoms with Gasteiger partial charge in [-0.15, -0.1) is 0 Å². The van der Waals surface area contributed by atoms with Crippen molar-refractivity contribution in [2.24, 2.45) is 7.05 Å². The Hall–Kier alpha value is -2.09. The summed E-state index contributed by atoms with van der Waals surface area (Å²) in [5, 5.41) is 10.6. The summed E-state index contributed by atoms with van der Waals surface area (Å²) in [6.45, 7) is 7.99. The van der Waals surface area contributed by atoms with Gasteiger partial charge >= 0.3 is 0 Å². The Morgan fingerprint density at radius 1 is 1.11 bits per heavy atom. The minimum atomic E-state index is 0.249. The highest BCUT2D eigenvalue weighted by atomic mass is 35.5. The van der Waals surface area contributed by atoms with Gasteiger partial charge in [0, 0.05) is 38.6 Å². The molecule has 28 heavy (non-hydrogen) atoms. The molecule has 0 amide bonds. The van der Waals surface area contributed by atoms with Crippen LogP contribution in [0.4, 0.5) is 5.69 Å². The molecule has 0 N–H and O–H groups in total. The standard InChI is InChI=1S/C20H25ClN6O/c1-3-20(13-28-14-20)26-6-4-25(5-7-26)19-9-18-15(8-17(19)21)10-23-27(18)16-11-22-24(2)12-16/h8-12H,3-7,13-14H2,1-2H3. The highest BCUT2D eigenvalue weighted by Gasteiger charge is 2.43. The van der Waals surface area contributed by atoms with Gasteiger partial charge < -0.3 is 9.64 Å². The quantitative estimate of drug-likeness (QED) is 0.674. The molecule has 5 rings (SSSR count). The SMILES string of the molecule is CCC1(N2CCN(c3cc4c(cnn4-c4cnn(C)c4)cc3Cl)CC2)COC1. The molecule has 0 unspecified atom stereocenters. The summed E-state index contributed by atoms with van der Waals surface area (Å²) in [5.41, 5.74) is 3.33. The summed E-state index contributed by atoms with van der Waals surface area (Å²) < 4.78 is 9.23. The van der Waals surface area contributed by atoms with Crippen LogP contribution in [0.15, 0.2) is 30.7 Å². The molecule has 7 nitrogen and oxygen atoms in total. The van der Waals surface area contributed by atoms with Crippen molar-refractivity contribution in [3.05, 3.63) is 35.7 Å². The summed E-state index contributed by atoms with van der Waals surface area (Å²) in [7, 11) is 1.91. The number of ether oxygens (including phenoxy) is 1. The van der Waals surface area contributed by atoms with Crippen LogP contribution in [-0.4, -0.2) is 69.4 Å². The summed E-state index contributed by atoms with van der Waals surface area (Å²) in [6.07, 6.45) is 6.79. The molecule has 0 radical (unpaired) electrons. The van der Waals surface area contributed by atoms with Crippen LogP contribution in [0.2, 0.25) is 5.02 Å². The number of piperazine rings is 1. The molecule has 2 saturated heterocycles. The van der Waals surface area contributed by atoms with E-state index in [-0.39, 0.29) is 5.54 Å². The van der Waals surface area contributed by atoms with Gasteiger partial charge in [0.25, 0.3) is 0 Å².